The predicted octanol–water partition coefficient (Wildman–Crippen LogP) is 2.38. The number of carbonyl (C=O) groups is 2. The van der Waals surface area contributed by atoms with E-state index in [1.54, 1.807) is 7.05 Å². The minimum absolute atomic E-state index is 0. The Balaban J connectivity index is 0. The number of nitrogens with one attached hydrogen (secondary N) is 4. The first-order valence-corrected chi connectivity index (χ1v) is 9.13. The number of hydrogen-bond donors (Lipinski definition) is 4. The molecule has 0 aliphatic heterocycles. The van der Waals surface area contributed by atoms with Crippen LogP contribution in [0.2, 0.25) is 0 Å². The fourth-order valence-corrected chi connectivity index (χ4v) is 1.89. The minimum Gasteiger partial charge on any atom is -0.444 e. The van der Waals surface area contributed by atoms with Crippen LogP contribution in [-0.2, 0) is 9.53 Å². The third kappa shape index (κ3) is 15.5. The number of guanidine groups is 1. The van der Waals surface area contributed by atoms with Crippen LogP contribution in [0.5, 0.6) is 0 Å². The number of carbonyl (C=O) groups excluding carboxylic acids is 2. The number of aliphatic imine (C=N–C) groups is 1. The topological polar surface area (TPSA) is 104 Å². The van der Waals surface area contributed by atoms with Crippen molar-refractivity contribution in [3.05, 3.63) is 0 Å². The summed E-state index contributed by atoms with van der Waals surface area (Å²) in [5.74, 6) is 0.578. The summed E-state index contributed by atoms with van der Waals surface area (Å²) in [6.45, 7) is 14.2. The Morgan fingerprint density at radius 1 is 1.11 bits per heavy atom. The molecule has 0 aromatic heterocycles. The third-order valence-electron chi connectivity index (χ3n) is 3.42. The van der Waals surface area contributed by atoms with Gasteiger partial charge in [-0.25, -0.2) is 4.79 Å². The van der Waals surface area contributed by atoms with E-state index in [0.29, 0.717) is 25.5 Å². The number of amides is 2. The van der Waals surface area contributed by atoms with Gasteiger partial charge in [-0.1, -0.05) is 6.92 Å². The van der Waals surface area contributed by atoms with Gasteiger partial charge in [0.2, 0.25) is 5.91 Å². The van der Waals surface area contributed by atoms with E-state index in [1.165, 1.54) is 0 Å². The molecule has 0 saturated heterocycles. The second-order valence-electron chi connectivity index (χ2n) is 7.99. The molecule has 2 amide bonds. The zero-order chi connectivity index (χ0) is 20.4. The third-order valence-corrected chi connectivity index (χ3v) is 3.42. The first-order valence-electron chi connectivity index (χ1n) is 9.13. The summed E-state index contributed by atoms with van der Waals surface area (Å²) in [4.78, 5) is 27.8. The standard InChI is InChI=1S/C18H37N5O3.HI/c1-9-13(2)22-14(24)10-11-20-15(19-8)21-12-18(6,7)23-16(25)26-17(3,4)5;/h13H,9-12H2,1-8H3,(H,22,24)(H,23,25)(H2,19,20,21);1H. The second kappa shape index (κ2) is 13.0. The maximum Gasteiger partial charge on any atom is 0.408 e. The van der Waals surface area contributed by atoms with Crippen molar-refractivity contribution >= 4 is 41.9 Å². The minimum atomic E-state index is -0.541. The lowest BCUT2D eigenvalue weighted by Crippen LogP contribution is -2.54. The van der Waals surface area contributed by atoms with E-state index in [2.05, 4.69) is 26.3 Å². The molecule has 1 unspecified atom stereocenters. The van der Waals surface area contributed by atoms with Gasteiger partial charge in [0.25, 0.3) is 0 Å². The van der Waals surface area contributed by atoms with Gasteiger partial charge < -0.3 is 26.0 Å². The lowest BCUT2D eigenvalue weighted by Gasteiger charge is -2.29. The Bertz CT molecular complexity index is 490. The fraction of sp³-hybridized carbons (Fsp3) is 0.833. The Morgan fingerprint density at radius 3 is 2.19 bits per heavy atom. The van der Waals surface area contributed by atoms with E-state index in [-0.39, 0.29) is 35.9 Å². The van der Waals surface area contributed by atoms with E-state index < -0.39 is 17.2 Å². The van der Waals surface area contributed by atoms with Crippen molar-refractivity contribution in [3.8, 4) is 0 Å². The van der Waals surface area contributed by atoms with E-state index in [0.717, 1.165) is 6.42 Å². The Morgan fingerprint density at radius 2 is 1.70 bits per heavy atom. The number of halogens is 1. The lowest BCUT2D eigenvalue weighted by molar-refractivity contribution is -0.121. The molecular weight excluding hydrogens is 461 g/mol. The second-order valence-corrected chi connectivity index (χ2v) is 7.99. The largest absolute Gasteiger partial charge is 0.444 e. The Kier molecular flexibility index (Phi) is 13.5. The fourth-order valence-electron chi connectivity index (χ4n) is 1.89. The molecule has 0 saturated carbocycles. The van der Waals surface area contributed by atoms with Gasteiger partial charge in [0.05, 0.1) is 5.54 Å². The van der Waals surface area contributed by atoms with Crippen LogP contribution in [0.1, 0.15) is 61.3 Å². The van der Waals surface area contributed by atoms with Crippen molar-refractivity contribution in [2.75, 3.05) is 20.1 Å². The van der Waals surface area contributed by atoms with Crippen molar-refractivity contribution in [1.29, 1.82) is 0 Å². The van der Waals surface area contributed by atoms with Crippen molar-refractivity contribution in [1.82, 2.24) is 21.3 Å². The molecular formula is C18H38IN5O3. The summed E-state index contributed by atoms with van der Waals surface area (Å²) in [5.41, 5.74) is -1.07. The summed E-state index contributed by atoms with van der Waals surface area (Å²) >= 11 is 0. The van der Waals surface area contributed by atoms with E-state index >= 15 is 0 Å². The van der Waals surface area contributed by atoms with Gasteiger partial charge in [-0.15, -0.1) is 24.0 Å². The normalized spacial score (nSPS) is 13.1. The van der Waals surface area contributed by atoms with E-state index in [9.17, 15) is 9.59 Å². The van der Waals surface area contributed by atoms with Crippen LogP contribution in [0, 0.1) is 0 Å². The highest BCUT2D eigenvalue weighted by Gasteiger charge is 2.24. The van der Waals surface area contributed by atoms with Crippen LogP contribution < -0.4 is 21.3 Å². The van der Waals surface area contributed by atoms with Gasteiger partial charge in [-0.05, 0) is 48.0 Å². The zero-order valence-electron chi connectivity index (χ0n) is 18.0. The summed E-state index contributed by atoms with van der Waals surface area (Å²) in [7, 11) is 1.66. The first kappa shape index (κ1) is 28.0. The van der Waals surface area contributed by atoms with Crippen molar-refractivity contribution in [2.45, 2.75) is 78.5 Å². The molecule has 0 aliphatic carbocycles. The summed E-state index contributed by atoms with van der Waals surface area (Å²) in [5, 5.41) is 12.0. The maximum atomic E-state index is 11.9. The van der Waals surface area contributed by atoms with Crippen LogP contribution in [-0.4, -0.2) is 55.3 Å². The average molecular weight is 499 g/mol. The highest BCUT2D eigenvalue weighted by molar-refractivity contribution is 14.0. The summed E-state index contributed by atoms with van der Waals surface area (Å²) in [6, 6.07) is 0.180. The molecule has 0 fully saturated rings. The molecule has 9 heteroatoms. The molecule has 4 N–H and O–H groups in total. The average Bonchev–Trinajstić information content (AvgIpc) is 2.47. The molecule has 0 radical (unpaired) electrons. The van der Waals surface area contributed by atoms with Gasteiger partial charge in [-0.2, -0.15) is 0 Å². The molecule has 0 aromatic carbocycles. The molecule has 0 spiro atoms. The molecule has 0 aromatic rings. The lowest BCUT2D eigenvalue weighted by atomic mass is 10.1. The number of nitrogens with zero attached hydrogens (tertiary/aromatic N) is 1. The molecule has 8 nitrogen and oxygen atoms in total. The van der Waals surface area contributed by atoms with Gasteiger partial charge in [-0.3, -0.25) is 9.79 Å². The highest BCUT2D eigenvalue weighted by atomic mass is 127. The zero-order valence-corrected chi connectivity index (χ0v) is 20.3. The smallest absolute Gasteiger partial charge is 0.408 e. The van der Waals surface area contributed by atoms with Crippen molar-refractivity contribution < 1.29 is 14.3 Å². The monoisotopic (exact) mass is 499 g/mol. The molecule has 0 bridgehead atoms. The number of rotatable bonds is 8. The molecule has 1 atom stereocenters. The van der Waals surface area contributed by atoms with Gasteiger partial charge in [0, 0.05) is 32.6 Å². The molecule has 0 heterocycles. The van der Waals surface area contributed by atoms with Gasteiger partial charge >= 0.3 is 6.09 Å². The first-order chi connectivity index (χ1) is 11.9. The van der Waals surface area contributed by atoms with Gasteiger partial charge in [0.15, 0.2) is 5.96 Å². The summed E-state index contributed by atoms with van der Waals surface area (Å²) in [6.07, 6.45) is 0.807. The Hall–Kier alpha value is -1.26. The van der Waals surface area contributed by atoms with Crippen molar-refractivity contribution in [3.63, 3.8) is 0 Å². The van der Waals surface area contributed by atoms with Crippen LogP contribution in [0.4, 0.5) is 4.79 Å². The maximum absolute atomic E-state index is 11.9. The predicted molar refractivity (Wildman–Crippen MR) is 121 cm³/mol. The number of hydrogen-bond acceptors (Lipinski definition) is 4. The van der Waals surface area contributed by atoms with Crippen molar-refractivity contribution in [2.24, 2.45) is 4.99 Å². The summed E-state index contributed by atoms with van der Waals surface area (Å²) < 4.78 is 5.27. The molecule has 0 aliphatic rings. The highest BCUT2D eigenvalue weighted by Crippen LogP contribution is 2.09. The van der Waals surface area contributed by atoms with E-state index in [1.807, 2.05) is 48.5 Å². The molecule has 0 rings (SSSR count). The SMILES string of the molecule is CCC(C)NC(=O)CCNC(=NC)NCC(C)(C)NC(=O)OC(C)(C)C.I. The van der Waals surface area contributed by atoms with Crippen LogP contribution >= 0.6 is 24.0 Å². The quantitative estimate of drug-likeness (QED) is 0.233. The number of ether oxygens (including phenoxy) is 1. The van der Waals surface area contributed by atoms with Crippen LogP contribution in [0.3, 0.4) is 0 Å². The molecule has 27 heavy (non-hydrogen) atoms. The van der Waals surface area contributed by atoms with Crippen LogP contribution in [0.25, 0.3) is 0 Å². The van der Waals surface area contributed by atoms with Crippen LogP contribution in [0.15, 0.2) is 4.99 Å². The van der Waals surface area contributed by atoms with E-state index in [4.69, 9.17) is 4.74 Å². The molecule has 160 valence electrons. The van der Waals surface area contributed by atoms with Gasteiger partial charge in [0.1, 0.15) is 5.60 Å². The number of alkyl carbamates (subject to hydrolysis) is 1. The Labute approximate surface area is 181 Å².